The van der Waals surface area contributed by atoms with Crippen LogP contribution < -0.4 is 0 Å². The molecule has 10 heteroatoms. The zero-order valence-corrected chi connectivity index (χ0v) is 40.4. The van der Waals surface area contributed by atoms with Crippen LogP contribution in [0.2, 0.25) is 0 Å². The Morgan fingerprint density at radius 1 is 0.524 bits per heavy atom. The van der Waals surface area contributed by atoms with Gasteiger partial charge in [0, 0.05) is 12.8 Å². The Labute approximate surface area is 385 Å². The number of hydrogen-bond acceptors (Lipinski definition) is 10. The minimum atomic E-state index is -1.60. The maximum absolute atomic E-state index is 12.8. The summed E-state index contributed by atoms with van der Waals surface area (Å²) in [6, 6.07) is 0. The highest BCUT2D eigenvalue weighted by atomic mass is 16.7. The van der Waals surface area contributed by atoms with Crippen LogP contribution in [0, 0.1) is 0 Å². The highest BCUT2D eigenvalue weighted by Crippen LogP contribution is 2.23. The molecule has 0 radical (unpaired) electrons. The Kier molecular flexibility index (Phi) is 41.4. The first-order chi connectivity index (χ1) is 30.8. The van der Waals surface area contributed by atoms with E-state index in [0.717, 1.165) is 38.5 Å². The lowest BCUT2D eigenvalue weighted by molar-refractivity contribution is -0.305. The van der Waals surface area contributed by atoms with Crippen molar-refractivity contribution in [2.75, 3.05) is 19.8 Å². The van der Waals surface area contributed by atoms with E-state index < -0.39 is 49.4 Å². The summed E-state index contributed by atoms with van der Waals surface area (Å²) in [5.41, 5.74) is 0. The molecular weight excluding hydrogens is 797 g/mol. The Morgan fingerprint density at radius 2 is 0.937 bits per heavy atom. The van der Waals surface area contributed by atoms with Gasteiger partial charge in [-0.3, -0.25) is 9.59 Å². The number of esters is 2. The van der Waals surface area contributed by atoms with Gasteiger partial charge in [0.2, 0.25) is 0 Å². The number of allylic oxidation sites excluding steroid dienone is 3. The number of unbranched alkanes of at least 4 members (excludes halogenated alkanes) is 32. The number of aliphatic hydroxyl groups is 4. The monoisotopic (exact) mass is 895 g/mol. The van der Waals surface area contributed by atoms with Gasteiger partial charge in [0.1, 0.15) is 31.0 Å². The quantitative estimate of drug-likeness (QED) is 0.0264. The summed E-state index contributed by atoms with van der Waals surface area (Å²) in [7, 11) is 0. The van der Waals surface area contributed by atoms with Gasteiger partial charge < -0.3 is 39.4 Å². The van der Waals surface area contributed by atoms with Crippen LogP contribution in [0.15, 0.2) is 24.8 Å². The maximum atomic E-state index is 12.8. The van der Waals surface area contributed by atoms with Gasteiger partial charge in [0.05, 0.1) is 13.2 Å². The predicted molar refractivity (Wildman–Crippen MR) is 256 cm³/mol. The lowest BCUT2D eigenvalue weighted by Crippen LogP contribution is -2.59. The van der Waals surface area contributed by atoms with Gasteiger partial charge in [-0.15, -0.1) is 6.58 Å². The third-order valence-corrected chi connectivity index (χ3v) is 12.5. The minimum absolute atomic E-state index is 0.185. The summed E-state index contributed by atoms with van der Waals surface area (Å²) in [6.07, 6.45) is 42.4. The molecule has 1 aliphatic rings. The molecular formula is C53H98O10. The van der Waals surface area contributed by atoms with Crippen LogP contribution in [0.25, 0.3) is 0 Å². The fraction of sp³-hybridized carbons (Fsp3) is 0.887. The van der Waals surface area contributed by atoms with Crippen LogP contribution in [0.5, 0.6) is 0 Å². The van der Waals surface area contributed by atoms with E-state index >= 15 is 0 Å². The first-order valence-electron chi connectivity index (χ1n) is 26.4. The van der Waals surface area contributed by atoms with Crippen molar-refractivity contribution in [1.29, 1.82) is 0 Å². The van der Waals surface area contributed by atoms with Crippen molar-refractivity contribution in [3.05, 3.63) is 24.8 Å². The van der Waals surface area contributed by atoms with E-state index in [1.165, 1.54) is 180 Å². The van der Waals surface area contributed by atoms with E-state index in [9.17, 15) is 30.0 Å². The van der Waals surface area contributed by atoms with Gasteiger partial charge in [-0.05, 0) is 44.9 Å². The maximum Gasteiger partial charge on any atom is 0.306 e. The molecule has 4 N–H and O–H groups in total. The highest BCUT2D eigenvalue weighted by Gasteiger charge is 2.44. The Bertz CT molecular complexity index is 1070. The third kappa shape index (κ3) is 35.1. The molecule has 0 aromatic heterocycles. The highest BCUT2D eigenvalue weighted by molar-refractivity contribution is 5.70. The molecule has 0 spiro atoms. The molecule has 0 saturated carbocycles. The van der Waals surface area contributed by atoms with Crippen LogP contribution in [-0.4, -0.2) is 89.0 Å². The third-order valence-electron chi connectivity index (χ3n) is 12.5. The molecule has 10 nitrogen and oxygen atoms in total. The molecule has 1 rings (SSSR count). The number of rotatable bonds is 46. The van der Waals surface area contributed by atoms with E-state index in [1.807, 2.05) is 6.08 Å². The number of ether oxygens (including phenoxy) is 4. The molecule has 0 aromatic carbocycles. The van der Waals surface area contributed by atoms with Gasteiger partial charge in [0.15, 0.2) is 12.4 Å². The van der Waals surface area contributed by atoms with Crippen molar-refractivity contribution in [1.82, 2.24) is 0 Å². The molecule has 1 aliphatic heterocycles. The fourth-order valence-electron chi connectivity index (χ4n) is 8.29. The molecule has 0 aromatic rings. The van der Waals surface area contributed by atoms with Crippen molar-refractivity contribution in [3.8, 4) is 0 Å². The lowest BCUT2D eigenvalue weighted by atomic mass is 9.99. The van der Waals surface area contributed by atoms with Crippen LogP contribution in [0.4, 0.5) is 0 Å². The lowest BCUT2D eigenvalue weighted by Gasteiger charge is -2.39. The predicted octanol–water partition coefficient (Wildman–Crippen LogP) is 12.5. The number of aliphatic hydroxyl groups excluding tert-OH is 4. The van der Waals surface area contributed by atoms with Gasteiger partial charge >= 0.3 is 11.9 Å². The molecule has 1 heterocycles. The normalized spacial score (nSPS) is 19.4. The number of carbonyl (C=O) groups is 2. The second-order valence-electron chi connectivity index (χ2n) is 18.4. The molecule has 0 aliphatic carbocycles. The van der Waals surface area contributed by atoms with E-state index in [1.54, 1.807) is 0 Å². The summed E-state index contributed by atoms with van der Waals surface area (Å²) < 4.78 is 22.2. The van der Waals surface area contributed by atoms with Crippen molar-refractivity contribution in [2.45, 2.75) is 281 Å². The molecule has 2 unspecified atom stereocenters. The van der Waals surface area contributed by atoms with Gasteiger partial charge in [-0.1, -0.05) is 205 Å². The number of carbonyl (C=O) groups excluding carboxylic acids is 2. The number of hydrogen-bond donors (Lipinski definition) is 4. The Morgan fingerprint density at radius 3 is 1.40 bits per heavy atom. The van der Waals surface area contributed by atoms with Crippen LogP contribution >= 0.6 is 0 Å². The summed E-state index contributed by atoms with van der Waals surface area (Å²) in [5, 5.41) is 40.2. The van der Waals surface area contributed by atoms with E-state index in [2.05, 4.69) is 25.7 Å². The van der Waals surface area contributed by atoms with Gasteiger partial charge in [0.25, 0.3) is 0 Å². The zero-order valence-electron chi connectivity index (χ0n) is 40.4. The van der Waals surface area contributed by atoms with Crippen LogP contribution in [0.1, 0.15) is 244 Å². The second kappa shape index (κ2) is 44.0. The summed E-state index contributed by atoms with van der Waals surface area (Å²) in [4.78, 5) is 25.4. The molecule has 1 saturated heterocycles. The van der Waals surface area contributed by atoms with Gasteiger partial charge in [-0.25, -0.2) is 0 Å². The molecule has 63 heavy (non-hydrogen) atoms. The zero-order chi connectivity index (χ0) is 45.9. The van der Waals surface area contributed by atoms with Crippen molar-refractivity contribution in [2.24, 2.45) is 0 Å². The summed E-state index contributed by atoms with van der Waals surface area (Å²) >= 11 is 0. The molecule has 6 atom stereocenters. The van der Waals surface area contributed by atoms with Gasteiger partial charge in [-0.2, -0.15) is 0 Å². The largest absolute Gasteiger partial charge is 0.462 e. The first-order valence-corrected chi connectivity index (χ1v) is 26.4. The van der Waals surface area contributed by atoms with Crippen molar-refractivity contribution in [3.63, 3.8) is 0 Å². The van der Waals surface area contributed by atoms with E-state index in [4.69, 9.17) is 18.9 Å². The molecule has 0 amide bonds. The Balaban J connectivity index is 2.23. The molecule has 1 fully saturated rings. The van der Waals surface area contributed by atoms with Crippen molar-refractivity contribution < 1.29 is 49.0 Å². The standard InChI is InChI=1S/C53H98O10/c1-3-5-7-9-11-13-15-17-19-20-21-22-23-24-25-26-28-30-32-34-36-38-40-42-49(56)62-46(45-61-53-52(59)51(58)50(57)47(43-54)63-53)44-60-48(55)41-39-37-35-33-31-29-27-18-16-14-12-10-8-6-4-2/h4,34,36,46-47,50-54,57-59H,2-3,5-33,35,37-45H2,1H3/b36-34+/t46-,47-,50+,51?,52?,53-/m1/s1. The van der Waals surface area contributed by atoms with E-state index in [0.29, 0.717) is 6.42 Å². The van der Waals surface area contributed by atoms with Crippen molar-refractivity contribution >= 4 is 11.9 Å². The molecule has 370 valence electrons. The average molecular weight is 895 g/mol. The summed E-state index contributed by atoms with van der Waals surface area (Å²) in [5.74, 6) is -0.835. The fourth-order valence-corrected chi connectivity index (χ4v) is 8.29. The first kappa shape index (κ1) is 59.2. The topological polar surface area (TPSA) is 152 Å². The second-order valence-corrected chi connectivity index (χ2v) is 18.4. The van der Waals surface area contributed by atoms with Crippen LogP contribution in [-0.2, 0) is 28.5 Å². The minimum Gasteiger partial charge on any atom is -0.462 e. The summed E-state index contributed by atoms with van der Waals surface area (Å²) in [6.45, 7) is 4.96. The molecule has 0 bridgehead atoms. The van der Waals surface area contributed by atoms with E-state index in [-0.39, 0.29) is 32.0 Å². The van der Waals surface area contributed by atoms with Crippen LogP contribution in [0.3, 0.4) is 0 Å². The Hall–Kier alpha value is -1.82. The SMILES string of the molecule is C=CCCCCCCCCCCCCCCCC(=O)OC[C@H](CO[C@@H]1O[C@H](CO)[C@H](O)C(O)C1O)OC(=O)CCC/C=C/CCCCCCCCCCCCCCCCCCCC. The average Bonchev–Trinajstić information content (AvgIpc) is 3.28. The smallest absolute Gasteiger partial charge is 0.306 e.